The van der Waals surface area contributed by atoms with Crippen molar-refractivity contribution in [3.8, 4) is 11.5 Å². The fourth-order valence-electron chi connectivity index (χ4n) is 1.97. The minimum atomic E-state index is 0.0697. The maximum Gasteiger partial charge on any atom is 0.127 e. The quantitative estimate of drug-likeness (QED) is 0.653. The first-order chi connectivity index (χ1) is 9.56. The molecule has 0 N–H and O–H groups in total. The molecule has 0 spiro atoms. The molecule has 2 rings (SSSR count). The minimum Gasteiger partial charge on any atom is -0.497 e. The molecular formula is C16H16Br2O2. The van der Waals surface area contributed by atoms with Crippen molar-refractivity contribution >= 4 is 31.9 Å². The maximum absolute atomic E-state index is 5.46. The van der Waals surface area contributed by atoms with Gasteiger partial charge in [-0.05, 0) is 30.2 Å². The lowest BCUT2D eigenvalue weighted by Crippen LogP contribution is -1.98. The van der Waals surface area contributed by atoms with E-state index >= 15 is 0 Å². The van der Waals surface area contributed by atoms with Gasteiger partial charge in [-0.1, -0.05) is 50.1 Å². The SMILES string of the molecule is COc1ccc(C(Br)c2ccc(C)c(Br)c2)c(OC)c1. The molecule has 1 atom stereocenters. The Morgan fingerprint density at radius 2 is 1.75 bits per heavy atom. The van der Waals surface area contributed by atoms with E-state index in [4.69, 9.17) is 9.47 Å². The fourth-order valence-corrected chi connectivity index (χ4v) is 3.03. The number of hydrogen-bond acceptors (Lipinski definition) is 2. The van der Waals surface area contributed by atoms with Gasteiger partial charge >= 0.3 is 0 Å². The number of halogens is 2. The molecule has 20 heavy (non-hydrogen) atoms. The molecule has 2 aromatic rings. The van der Waals surface area contributed by atoms with E-state index in [1.165, 1.54) is 11.1 Å². The third kappa shape index (κ3) is 3.18. The highest BCUT2D eigenvalue weighted by atomic mass is 79.9. The second-order valence-electron chi connectivity index (χ2n) is 4.48. The van der Waals surface area contributed by atoms with Crippen LogP contribution in [0.3, 0.4) is 0 Å². The highest BCUT2D eigenvalue weighted by molar-refractivity contribution is 9.10. The van der Waals surface area contributed by atoms with Crippen LogP contribution in [-0.2, 0) is 0 Å². The molecule has 0 aliphatic carbocycles. The van der Waals surface area contributed by atoms with Gasteiger partial charge in [0.1, 0.15) is 11.5 Å². The van der Waals surface area contributed by atoms with Crippen molar-refractivity contribution in [2.24, 2.45) is 0 Å². The van der Waals surface area contributed by atoms with Crippen LogP contribution in [0.5, 0.6) is 11.5 Å². The average molecular weight is 400 g/mol. The first kappa shape index (κ1) is 15.4. The number of ether oxygens (including phenoxy) is 2. The lowest BCUT2D eigenvalue weighted by molar-refractivity contribution is 0.391. The van der Waals surface area contributed by atoms with Gasteiger partial charge in [-0.3, -0.25) is 0 Å². The van der Waals surface area contributed by atoms with Crippen LogP contribution < -0.4 is 9.47 Å². The molecule has 0 heterocycles. The van der Waals surface area contributed by atoms with Gasteiger partial charge in [0, 0.05) is 16.1 Å². The summed E-state index contributed by atoms with van der Waals surface area (Å²) in [4.78, 5) is 0.0697. The molecule has 0 radical (unpaired) electrons. The number of hydrogen-bond donors (Lipinski definition) is 0. The van der Waals surface area contributed by atoms with Gasteiger partial charge in [0.2, 0.25) is 0 Å². The Hall–Kier alpha value is -1.00. The van der Waals surface area contributed by atoms with Crippen LogP contribution in [0, 0.1) is 6.92 Å². The number of alkyl halides is 1. The zero-order valence-electron chi connectivity index (χ0n) is 11.6. The van der Waals surface area contributed by atoms with E-state index in [9.17, 15) is 0 Å². The molecule has 0 saturated carbocycles. The molecule has 2 aromatic carbocycles. The number of benzene rings is 2. The molecule has 4 heteroatoms. The van der Waals surface area contributed by atoms with Gasteiger partial charge in [-0.15, -0.1) is 0 Å². The van der Waals surface area contributed by atoms with Crippen LogP contribution in [0.2, 0.25) is 0 Å². The van der Waals surface area contributed by atoms with Crippen LogP contribution in [-0.4, -0.2) is 14.2 Å². The predicted molar refractivity (Wildman–Crippen MR) is 89.2 cm³/mol. The molecule has 0 fully saturated rings. The molecule has 2 nitrogen and oxygen atoms in total. The van der Waals surface area contributed by atoms with Crippen LogP contribution in [0.25, 0.3) is 0 Å². The Morgan fingerprint density at radius 1 is 1.00 bits per heavy atom. The lowest BCUT2D eigenvalue weighted by Gasteiger charge is -2.16. The van der Waals surface area contributed by atoms with Gasteiger partial charge < -0.3 is 9.47 Å². The standard InChI is InChI=1S/C16H16Br2O2/c1-10-4-5-11(8-14(10)17)16(18)13-7-6-12(19-2)9-15(13)20-3/h4-9,16H,1-3H3. The number of rotatable bonds is 4. The van der Waals surface area contributed by atoms with Crippen molar-refractivity contribution in [2.75, 3.05) is 14.2 Å². The molecule has 0 aliphatic heterocycles. The van der Waals surface area contributed by atoms with Gasteiger partial charge in [-0.25, -0.2) is 0 Å². The number of methoxy groups -OCH3 is 2. The molecule has 0 aromatic heterocycles. The summed E-state index contributed by atoms with van der Waals surface area (Å²) in [5.41, 5.74) is 3.46. The third-order valence-corrected chi connectivity index (χ3v) is 5.08. The zero-order chi connectivity index (χ0) is 14.7. The van der Waals surface area contributed by atoms with Crippen molar-refractivity contribution in [1.29, 1.82) is 0 Å². The van der Waals surface area contributed by atoms with E-state index in [1.807, 2.05) is 18.2 Å². The maximum atomic E-state index is 5.46. The molecule has 0 amide bonds. The second kappa shape index (κ2) is 6.64. The smallest absolute Gasteiger partial charge is 0.127 e. The van der Waals surface area contributed by atoms with Gasteiger partial charge in [0.25, 0.3) is 0 Å². The minimum absolute atomic E-state index is 0.0697. The Bertz CT molecular complexity index is 611. The van der Waals surface area contributed by atoms with Crippen molar-refractivity contribution in [3.63, 3.8) is 0 Å². The van der Waals surface area contributed by atoms with Crippen LogP contribution in [0.15, 0.2) is 40.9 Å². The molecule has 0 bridgehead atoms. The van der Waals surface area contributed by atoms with E-state index in [0.29, 0.717) is 0 Å². The summed E-state index contributed by atoms with van der Waals surface area (Å²) in [6.45, 7) is 2.07. The number of aryl methyl sites for hydroxylation is 1. The highest BCUT2D eigenvalue weighted by Crippen LogP contribution is 2.39. The van der Waals surface area contributed by atoms with Gasteiger partial charge in [0.05, 0.1) is 19.0 Å². The largest absolute Gasteiger partial charge is 0.497 e. The van der Waals surface area contributed by atoms with E-state index < -0.39 is 0 Å². The monoisotopic (exact) mass is 398 g/mol. The van der Waals surface area contributed by atoms with Crippen molar-refractivity contribution in [3.05, 3.63) is 57.6 Å². The predicted octanol–water partition coefficient (Wildman–Crippen LogP) is 5.26. The normalized spacial score (nSPS) is 12.1. The summed E-state index contributed by atoms with van der Waals surface area (Å²) >= 11 is 7.32. The molecular weight excluding hydrogens is 384 g/mol. The Kier molecular flexibility index (Phi) is 5.11. The summed E-state index contributed by atoms with van der Waals surface area (Å²) < 4.78 is 11.8. The summed E-state index contributed by atoms with van der Waals surface area (Å²) in [7, 11) is 3.32. The summed E-state index contributed by atoms with van der Waals surface area (Å²) in [5, 5.41) is 0. The fraction of sp³-hybridized carbons (Fsp3) is 0.250. The van der Waals surface area contributed by atoms with Crippen molar-refractivity contribution < 1.29 is 9.47 Å². The van der Waals surface area contributed by atoms with Crippen molar-refractivity contribution in [2.45, 2.75) is 11.8 Å². The average Bonchev–Trinajstić information content (AvgIpc) is 2.48. The molecule has 0 saturated heterocycles. The zero-order valence-corrected chi connectivity index (χ0v) is 14.8. The van der Waals surface area contributed by atoms with Gasteiger partial charge in [0.15, 0.2) is 0 Å². The third-order valence-electron chi connectivity index (χ3n) is 3.20. The highest BCUT2D eigenvalue weighted by Gasteiger charge is 2.16. The summed E-state index contributed by atoms with van der Waals surface area (Å²) in [6, 6.07) is 12.2. The van der Waals surface area contributed by atoms with Crippen LogP contribution in [0.4, 0.5) is 0 Å². The Morgan fingerprint density at radius 3 is 2.35 bits per heavy atom. The van der Waals surface area contributed by atoms with E-state index in [-0.39, 0.29) is 4.83 Å². The Labute approximate surface area is 136 Å². The van der Waals surface area contributed by atoms with Crippen molar-refractivity contribution in [1.82, 2.24) is 0 Å². The van der Waals surface area contributed by atoms with E-state index in [2.05, 4.69) is 57.0 Å². The van der Waals surface area contributed by atoms with Crippen LogP contribution in [0.1, 0.15) is 21.5 Å². The summed E-state index contributed by atoms with van der Waals surface area (Å²) in [6.07, 6.45) is 0. The first-order valence-corrected chi connectivity index (χ1v) is 7.89. The second-order valence-corrected chi connectivity index (χ2v) is 6.25. The van der Waals surface area contributed by atoms with Gasteiger partial charge in [-0.2, -0.15) is 0 Å². The Balaban J connectivity index is 2.41. The van der Waals surface area contributed by atoms with Crippen LogP contribution >= 0.6 is 31.9 Å². The molecule has 106 valence electrons. The molecule has 0 aliphatic rings. The van der Waals surface area contributed by atoms with E-state index in [0.717, 1.165) is 21.5 Å². The lowest BCUT2D eigenvalue weighted by atomic mass is 10.0. The molecule has 1 unspecified atom stereocenters. The van der Waals surface area contributed by atoms with E-state index in [1.54, 1.807) is 14.2 Å². The first-order valence-electron chi connectivity index (χ1n) is 6.19. The summed E-state index contributed by atoms with van der Waals surface area (Å²) in [5.74, 6) is 1.60. The topological polar surface area (TPSA) is 18.5 Å².